The predicted molar refractivity (Wildman–Crippen MR) is 86.0 cm³/mol. The van der Waals surface area contributed by atoms with Gasteiger partial charge in [-0.25, -0.2) is 9.18 Å². The zero-order valence-electron chi connectivity index (χ0n) is 12.5. The SMILES string of the molecule is CCOC(=O)N1CCN(C(=S)NCc2ccc(F)cc2)CC1. The van der Waals surface area contributed by atoms with E-state index in [9.17, 15) is 9.18 Å². The van der Waals surface area contributed by atoms with E-state index in [-0.39, 0.29) is 11.9 Å². The molecular weight excluding hydrogens is 305 g/mol. The summed E-state index contributed by atoms with van der Waals surface area (Å²) in [6, 6.07) is 6.31. The smallest absolute Gasteiger partial charge is 0.409 e. The standard InChI is InChI=1S/C15H20FN3O2S/c1-2-21-15(20)19-9-7-18(8-10-19)14(22)17-11-12-3-5-13(16)6-4-12/h3-6H,2,7-11H2,1H3,(H,17,22). The van der Waals surface area contributed by atoms with Crippen LogP contribution in [0.4, 0.5) is 9.18 Å². The molecule has 5 nitrogen and oxygen atoms in total. The summed E-state index contributed by atoms with van der Waals surface area (Å²) in [5.41, 5.74) is 0.967. The van der Waals surface area contributed by atoms with Crippen LogP contribution in [-0.4, -0.2) is 53.8 Å². The topological polar surface area (TPSA) is 44.8 Å². The Morgan fingerprint density at radius 2 is 1.82 bits per heavy atom. The molecule has 0 saturated carbocycles. The first-order chi connectivity index (χ1) is 10.6. The number of nitrogens with one attached hydrogen (secondary N) is 1. The van der Waals surface area contributed by atoms with Crippen molar-refractivity contribution >= 4 is 23.4 Å². The lowest BCUT2D eigenvalue weighted by Crippen LogP contribution is -2.53. The molecule has 0 atom stereocenters. The Morgan fingerprint density at radius 3 is 2.41 bits per heavy atom. The Bertz CT molecular complexity index is 516. The molecule has 1 aliphatic heterocycles. The van der Waals surface area contributed by atoms with E-state index in [4.69, 9.17) is 17.0 Å². The lowest BCUT2D eigenvalue weighted by Gasteiger charge is -2.35. The number of hydrogen-bond donors (Lipinski definition) is 1. The fourth-order valence-electron chi connectivity index (χ4n) is 2.20. The number of amides is 1. The van der Waals surface area contributed by atoms with Crippen LogP contribution in [0.15, 0.2) is 24.3 Å². The van der Waals surface area contributed by atoms with Crippen LogP contribution in [-0.2, 0) is 11.3 Å². The summed E-state index contributed by atoms with van der Waals surface area (Å²) in [5.74, 6) is -0.249. The van der Waals surface area contributed by atoms with Gasteiger partial charge in [0.05, 0.1) is 6.61 Å². The maximum Gasteiger partial charge on any atom is 0.409 e. The molecular formula is C15H20FN3O2S. The van der Waals surface area contributed by atoms with Crippen LogP contribution in [0.1, 0.15) is 12.5 Å². The molecule has 1 saturated heterocycles. The van der Waals surface area contributed by atoms with Crippen molar-refractivity contribution in [3.05, 3.63) is 35.6 Å². The molecule has 1 aromatic carbocycles. The van der Waals surface area contributed by atoms with Crippen LogP contribution < -0.4 is 5.32 Å². The monoisotopic (exact) mass is 325 g/mol. The minimum Gasteiger partial charge on any atom is -0.450 e. The first kappa shape index (κ1) is 16.5. The van der Waals surface area contributed by atoms with Gasteiger partial charge in [-0.2, -0.15) is 0 Å². The highest BCUT2D eigenvalue weighted by atomic mass is 32.1. The number of thiocarbonyl (C=S) groups is 1. The second-order valence-corrected chi connectivity index (χ2v) is 5.34. The molecule has 2 rings (SSSR count). The van der Waals surface area contributed by atoms with Crippen LogP contribution >= 0.6 is 12.2 Å². The van der Waals surface area contributed by atoms with Crippen LogP contribution in [0.5, 0.6) is 0 Å². The molecule has 0 aromatic heterocycles. The molecule has 0 radical (unpaired) electrons. The summed E-state index contributed by atoms with van der Waals surface area (Å²) in [4.78, 5) is 15.3. The van der Waals surface area contributed by atoms with Crippen LogP contribution in [0, 0.1) is 5.82 Å². The molecule has 1 amide bonds. The highest BCUT2D eigenvalue weighted by Gasteiger charge is 2.22. The summed E-state index contributed by atoms with van der Waals surface area (Å²) in [5, 5.41) is 3.80. The van der Waals surface area contributed by atoms with E-state index in [1.807, 2.05) is 4.90 Å². The largest absolute Gasteiger partial charge is 0.450 e. The minimum absolute atomic E-state index is 0.249. The van der Waals surface area contributed by atoms with Crippen molar-refractivity contribution in [2.24, 2.45) is 0 Å². The van der Waals surface area contributed by atoms with Gasteiger partial charge in [0.2, 0.25) is 0 Å². The average molecular weight is 325 g/mol. The van der Waals surface area contributed by atoms with Crippen molar-refractivity contribution in [3.63, 3.8) is 0 Å². The first-order valence-electron chi connectivity index (χ1n) is 7.29. The van der Waals surface area contributed by atoms with Crippen molar-refractivity contribution in [3.8, 4) is 0 Å². The van der Waals surface area contributed by atoms with E-state index in [2.05, 4.69) is 5.32 Å². The zero-order chi connectivity index (χ0) is 15.9. The Morgan fingerprint density at radius 1 is 1.23 bits per heavy atom. The Balaban J connectivity index is 1.75. The van der Waals surface area contributed by atoms with E-state index in [1.54, 1.807) is 24.0 Å². The molecule has 120 valence electrons. The molecule has 1 fully saturated rings. The summed E-state index contributed by atoms with van der Waals surface area (Å²) in [6.07, 6.45) is -0.271. The van der Waals surface area contributed by atoms with Crippen LogP contribution in [0.2, 0.25) is 0 Å². The molecule has 0 spiro atoms. The Labute approximate surface area is 135 Å². The van der Waals surface area contributed by atoms with Crippen molar-refractivity contribution in [1.82, 2.24) is 15.1 Å². The van der Waals surface area contributed by atoms with Gasteiger partial charge < -0.3 is 19.9 Å². The van der Waals surface area contributed by atoms with Crippen LogP contribution in [0.3, 0.4) is 0 Å². The third kappa shape index (κ3) is 4.56. The van der Waals surface area contributed by atoms with Gasteiger partial charge >= 0.3 is 6.09 Å². The van der Waals surface area contributed by atoms with Crippen molar-refractivity contribution in [1.29, 1.82) is 0 Å². The average Bonchev–Trinajstić information content (AvgIpc) is 2.54. The fraction of sp³-hybridized carbons (Fsp3) is 0.467. The summed E-state index contributed by atoms with van der Waals surface area (Å²) >= 11 is 5.36. The molecule has 7 heteroatoms. The third-order valence-electron chi connectivity index (χ3n) is 3.45. The van der Waals surface area contributed by atoms with Crippen molar-refractivity contribution in [2.75, 3.05) is 32.8 Å². The summed E-state index contributed by atoms with van der Waals surface area (Å²) < 4.78 is 17.8. The van der Waals surface area contributed by atoms with E-state index < -0.39 is 0 Å². The van der Waals surface area contributed by atoms with E-state index in [0.717, 1.165) is 5.56 Å². The van der Waals surface area contributed by atoms with Gasteiger partial charge in [0.25, 0.3) is 0 Å². The maximum atomic E-state index is 12.8. The normalized spacial score (nSPS) is 14.6. The number of benzene rings is 1. The molecule has 1 heterocycles. The van der Waals surface area contributed by atoms with Gasteiger partial charge in [0.15, 0.2) is 5.11 Å². The summed E-state index contributed by atoms with van der Waals surface area (Å²) in [7, 11) is 0. The highest BCUT2D eigenvalue weighted by molar-refractivity contribution is 7.80. The van der Waals surface area contributed by atoms with E-state index in [1.165, 1.54) is 12.1 Å². The molecule has 22 heavy (non-hydrogen) atoms. The highest BCUT2D eigenvalue weighted by Crippen LogP contribution is 2.06. The number of rotatable bonds is 3. The lowest BCUT2D eigenvalue weighted by molar-refractivity contribution is 0.0918. The zero-order valence-corrected chi connectivity index (χ0v) is 13.4. The van der Waals surface area contributed by atoms with Gasteiger partial charge in [0, 0.05) is 32.7 Å². The molecule has 1 aliphatic rings. The molecule has 0 unspecified atom stereocenters. The molecule has 0 aliphatic carbocycles. The number of piperazine rings is 1. The number of hydrogen-bond acceptors (Lipinski definition) is 3. The van der Waals surface area contributed by atoms with Gasteiger partial charge in [-0.05, 0) is 36.8 Å². The maximum absolute atomic E-state index is 12.8. The quantitative estimate of drug-likeness (QED) is 0.861. The van der Waals surface area contributed by atoms with Crippen LogP contribution in [0.25, 0.3) is 0 Å². The number of ether oxygens (including phenoxy) is 1. The fourth-order valence-corrected chi connectivity index (χ4v) is 2.45. The lowest BCUT2D eigenvalue weighted by atomic mass is 10.2. The Hall–Kier alpha value is -1.89. The van der Waals surface area contributed by atoms with Gasteiger partial charge in [-0.1, -0.05) is 12.1 Å². The Kier molecular flexibility index (Phi) is 5.94. The molecule has 1 N–H and O–H groups in total. The van der Waals surface area contributed by atoms with E-state index >= 15 is 0 Å². The van der Waals surface area contributed by atoms with Gasteiger partial charge in [-0.3, -0.25) is 0 Å². The molecule has 0 bridgehead atoms. The minimum atomic E-state index is -0.271. The second kappa shape index (κ2) is 7.93. The number of halogens is 1. The number of carbonyl (C=O) groups is 1. The second-order valence-electron chi connectivity index (χ2n) is 4.96. The van der Waals surface area contributed by atoms with Crippen molar-refractivity contribution in [2.45, 2.75) is 13.5 Å². The predicted octanol–water partition coefficient (Wildman–Crippen LogP) is 1.97. The van der Waals surface area contributed by atoms with Gasteiger partial charge in [-0.15, -0.1) is 0 Å². The number of nitrogens with zero attached hydrogens (tertiary/aromatic N) is 2. The van der Waals surface area contributed by atoms with Crippen molar-refractivity contribution < 1.29 is 13.9 Å². The first-order valence-corrected chi connectivity index (χ1v) is 7.70. The number of carbonyl (C=O) groups excluding carboxylic acids is 1. The third-order valence-corrected chi connectivity index (χ3v) is 3.85. The molecule has 1 aromatic rings. The summed E-state index contributed by atoms with van der Waals surface area (Å²) in [6.45, 7) is 5.27. The van der Waals surface area contributed by atoms with Gasteiger partial charge in [0.1, 0.15) is 5.82 Å². The van der Waals surface area contributed by atoms with E-state index in [0.29, 0.717) is 44.4 Å².